The van der Waals surface area contributed by atoms with E-state index in [4.69, 9.17) is 9.47 Å². The number of halogens is 1. The van der Waals surface area contributed by atoms with Crippen molar-refractivity contribution in [2.45, 2.75) is 24.9 Å². The molecule has 0 aromatic heterocycles. The van der Waals surface area contributed by atoms with Crippen molar-refractivity contribution in [3.8, 4) is 11.5 Å². The Labute approximate surface area is 248 Å². The Hall–Kier alpha value is -5.04. The Morgan fingerprint density at radius 1 is 0.907 bits per heavy atom. The highest BCUT2D eigenvalue weighted by molar-refractivity contribution is 6.32. The number of rotatable bonds is 6. The predicted molar refractivity (Wildman–Crippen MR) is 161 cm³/mol. The topological polar surface area (TPSA) is 72.9 Å². The molecule has 0 amide bonds. The van der Waals surface area contributed by atoms with Gasteiger partial charge in [-0.25, -0.2) is 4.39 Å². The van der Waals surface area contributed by atoms with Gasteiger partial charge in [-0.2, -0.15) is 0 Å². The second kappa shape index (κ2) is 10.1. The van der Waals surface area contributed by atoms with E-state index >= 15 is 0 Å². The van der Waals surface area contributed by atoms with Gasteiger partial charge in [-0.1, -0.05) is 66.7 Å². The fourth-order valence-corrected chi connectivity index (χ4v) is 7.26. The summed E-state index contributed by atoms with van der Waals surface area (Å²) in [6.45, 7) is 2.21. The first kappa shape index (κ1) is 26.8. The molecule has 4 aromatic rings. The zero-order chi connectivity index (χ0) is 29.9. The van der Waals surface area contributed by atoms with Gasteiger partial charge in [0.15, 0.2) is 17.3 Å². The van der Waals surface area contributed by atoms with Gasteiger partial charge in [-0.15, -0.1) is 0 Å². The molecule has 0 saturated carbocycles. The molecule has 1 spiro atoms. The van der Waals surface area contributed by atoms with Crippen molar-refractivity contribution in [2.75, 3.05) is 18.6 Å². The molecular formula is C36H28FNO5. The van der Waals surface area contributed by atoms with Crippen LogP contribution in [0.15, 0.2) is 97.1 Å². The summed E-state index contributed by atoms with van der Waals surface area (Å²) >= 11 is 0. The largest absolute Gasteiger partial charge is 0.497 e. The molecule has 3 aliphatic rings. The fourth-order valence-electron chi connectivity index (χ4n) is 7.26. The lowest BCUT2D eigenvalue weighted by molar-refractivity contribution is 0.0664. The van der Waals surface area contributed by atoms with Gasteiger partial charge in [0.25, 0.3) is 0 Å². The van der Waals surface area contributed by atoms with Crippen molar-refractivity contribution in [3.63, 3.8) is 0 Å². The van der Waals surface area contributed by atoms with Gasteiger partial charge in [0, 0.05) is 39.4 Å². The normalized spacial score (nSPS) is 21.0. The second-order valence-electron chi connectivity index (χ2n) is 11.0. The predicted octanol–water partition coefficient (Wildman–Crippen LogP) is 6.55. The number of ketones is 3. The van der Waals surface area contributed by atoms with E-state index in [0.29, 0.717) is 51.6 Å². The van der Waals surface area contributed by atoms with Crippen molar-refractivity contribution >= 4 is 29.1 Å². The maximum Gasteiger partial charge on any atom is 0.186 e. The maximum absolute atomic E-state index is 14.9. The summed E-state index contributed by atoms with van der Waals surface area (Å²) in [5.41, 5.74) is 1.07. The smallest absolute Gasteiger partial charge is 0.186 e. The lowest BCUT2D eigenvalue weighted by Crippen LogP contribution is -2.48. The van der Waals surface area contributed by atoms with Crippen LogP contribution in [0.4, 0.5) is 10.1 Å². The van der Waals surface area contributed by atoms with Crippen molar-refractivity contribution in [3.05, 3.63) is 131 Å². The number of carbonyl (C=O) groups excluding carboxylic acids is 3. The maximum atomic E-state index is 14.9. The molecule has 0 bridgehead atoms. The zero-order valence-corrected chi connectivity index (χ0v) is 23.6. The summed E-state index contributed by atoms with van der Waals surface area (Å²) < 4.78 is 26.0. The lowest BCUT2D eigenvalue weighted by Gasteiger charge is -2.37. The average molecular weight is 574 g/mol. The third-order valence-corrected chi connectivity index (χ3v) is 8.94. The minimum Gasteiger partial charge on any atom is -0.497 e. The van der Waals surface area contributed by atoms with Crippen molar-refractivity contribution in [1.29, 1.82) is 0 Å². The first-order valence-electron chi connectivity index (χ1n) is 14.3. The highest BCUT2D eigenvalue weighted by Gasteiger charge is 2.72. The van der Waals surface area contributed by atoms with E-state index in [1.807, 2.05) is 30.0 Å². The van der Waals surface area contributed by atoms with Gasteiger partial charge in [0.2, 0.25) is 0 Å². The van der Waals surface area contributed by atoms with Gasteiger partial charge in [-0.3, -0.25) is 14.4 Å². The van der Waals surface area contributed by atoms with Crippen molar-refractivity contribution in [1.82, 2.24) is 0 Å². The number of hydrogen-bond acceptors (Lipinski definition) is 6. The molecule has 6 nitrogen and oxygen atoms in total. The van der Waals surface area contributed by atoms with Gasteiger partial charge >= 0.3 is 0 Å². The first-order chi connectivity index (χ1) is 20.9. The second-order valence-corrected chi connectivity index (χ2v) is 11.0. The Morgan fingerprint density at radius 2 is 1.63 bits per heavy atom. The first-order valence-corrected chi connectivity index (χ1v) is 14.3. The Bertz CT molecular complexity index is 1810. The summed E-state index contributed by atoms with van der Waals surface area (Å²) in [5, 5.41) is 0. The molecule has 3 unspecified atom stereocenters. The Morgan fingerprint density at radius 3 is 2.35 bits per heavy atom. The van der Waals surface area contributed by atoms with E-state index in [0.717, 1.165) is 0 Å². The minimum atomic E-state index is -1.68. The molecule has 1 aliphatic carbocycles. The number of carbonyl (C=O) groups is 3. The van der Waals surface area contributed by atoms with Crippen LogP contribution in [0.1, 0.15) is 55.0 Å². The van der Waals surface area contributed by atoms with Crippen LogP contribution in [-0.2, 0) is 0 Å². The molecule has 2 heterocycles. The number of fused-ring (bicyclic) bond motifs is 5. The number of anilines is 1. The third kappa shape index (κ3) is 3.74. The van der Waals surface area contributed by atoms with Crippen LogP contribution in [0.5, 0.6) is 11.5 Å². The van der Waals surface area contributed by atoms with Crippen LogP contribution < -0.4 is 14.4 Å². The standard InChI is InChI=1S/C36H28FNO5/c1-3-43-29-14-7-6-13-27(29)31-32(33(39)22-9-8-10-24(20-22)42-2)38-28-17-16-23(37)19-21(28)15-18-30(38)36(31)34(40)25-11-4-5-12-26(25)35(36)41/h4-20,30-32H,3H2,1-2H3. The van der Waals surface area contributed by atoms with E-state index in [-0.39, 0.29) is 17.3 Å². The summed E-state index contributed by atoms with van der Waals surface area (Å²) in [6, 6.07) is 23.5. The van der Waals surface area contributed by atoms with Crippen LogP contribution in [-0.4, -0.2) is 43.2 Å². The molecule has 2 aliphatic heterocycles. The molecular weight excluding hydrogens is 545 g/mol. The molecule has 43 heavy (non-hydrogen) atoms. The average Bonchev–Trinajstić information content (AvgIpc) is 3.47. The molecule has 214 valence electrons. The van der Waals surface area contributed by atoms with E-state index in [9.17, 15) is 18.8 Å². The molecule has 1 saturated heterocycles. The number of ether oxygens (including phenoxy) is 2. The SMILES string of the molecule is CCOc1ccccc1C1C(C(=O)c2cccc(OC)c2)N2c3ccc(F)cc3C=CC2C12C(=O)c1ccccc1C2=O. The van der Waals surface area contributed by atoms with E-state index < -0.39 is 29.2 Å². The monoisotopic (exact) mass is 573 g/mol. The van der Waals surface area contributed by atoms with Gasteiger partial charge < -0.3 is 14.4 Å². The highest BCUT2D eigenvalue weighted by Crippen LogP contribution is 2.62. The molecule has 7 heteroatoms. The quantitative estimate of drug-likeness (QED) is 0.192. The fraction of sp³-hybridized carbons (Fsp3) is 0.194. The molecule has 0 radical (unpaired) electrons. The van der Waals surface area contributed by atoms with Gasteiger partial charge in [0.05, 0.1) is 19.8 Å². The highest BCUT2D eigenvalue weighted by atomic mass is 19.1. The van der Waals surface area contributed by atoms with Gasteiger partial charge in [0.1, 0.15) is 28.8 Å². The van der Waals surface area contributed by atoms with Crippen LogP contribution in [0, 0.1) is 11.2 Å². The Balaban J connectivity index is 1.56. The van der Waals surface area contributed by atoms with Crippen LogP contribution in [0.2, 0.25) is 0 Å². The van der Waals surface area contributed by atoms with Crippen LogP contribution >= 0.6 is 0 Å². The third-order valence-electron chi connectivity index (χ3n) is 8.94. The number of methoxy groups -OCH3 is 1. The van der Waals surface area contributed by atoms with E-state index in [1.54, 1.807) is 72.8 Å². The molecule has 7 rings (SSSR count). The summed E-state index contributed by atoms with van der Waals surface area (Å²) in [4.78, 5) is 46.3. The summed E-state index contributed by atoms with van der Waals surface area (Å²) in [5.74, 6) is -1.33. The van der Waals surface area contributed by atoms with E-state index in [1.165, 1.54) is 19.2 Å². The number of nitrogens with zero attached hydrogens (tertiary/aromatic N) is 1. The minimum absolute atomic E-state index is 0.292. The number of para-hydroxylation sites is 1. The molecule has 1 fully saturated rings. The van der Waals surface area contributed by atoms with E-state index in [2.05, 4.69) is 0 Å². The van der Waals surface area contributed by atoms with Crippen molar-refractivity contribution in [2.24, 2.45) is 5.41 Å². The zero-order valence-electron chi connectivity index (χ0n) is 23.6. The van der Waals surface area contributed by atoms with Crippen LogP contribution in [0.25, 0.3) is 6.08 Å². The molecule has 3 atom stereocenters. The number of Topliss-reactive ketones (excluding diaryl/α,β-unsaturated/α-hetero) is 3. The molecule has 4 aromatic carbocycles. The Kier molecular flexibility index (Phi) is 6.27. The van der Waals surface area contributed by atoms with Gasteiger partial charge in [-0.05, 0) is 43.3 Å². The number of benzene rings is 4. The number of hydrogen-bond donors (Lipinski definition) is 0. The summed E-state index contributed by atoms with van der Waals surface area (Å²) in [6.07, 6.45) is 3.52. The molecule has 0 N–H and O–H groups in total. The lowest BCUT2D eigenvalue weighted by atomic mass is 9.64. The van der Waals surface area contributed by atoms with Crippen molar-refractivity contribution < 1.29 is 28.2 Å². The summed E-state index contributed by atoms with van der Waals surface area (Å²) in [7, 11) is 1.53. The van der Waals surface area contributed by atoms with Crippen LogP contribution in [0.3, 0.4) is 0 Å².